The number of aromatic nitrogens is 2. The van der Waals surface area contributed by atoms with Crippen LogP contribution in [0.15, 0.2) is 11.2 Å². The summed E-state index contributed by atoms with van der Waals surface area (Å²) >= 11 is 0. The number of H-pyrrole nitrogens is 1. The first-order valence-electron chi connectivity index (χ1n) is 7.32. The Morgan fingerprint density at radius 1 is 1.50 bits per heavy atom. The Hall–Kier alpha value is -0.920. The highest BCUT2D eigenvalue weighted by atomic mass is 32.2. The van der Waals surface area contributed by atoms with Crippen LogP contribution in [0.2, 0.25) is 0 Å². The van der Waals surface area contributed by atoms with E-state index in [1.54, 1.807) is 4.31 Å². The summed E-state index contributed by atoms with van der Waals surface area (Å²) in [5.74, 6) is 1.11. The van der Waals surface area contributed by atoms with E-state index < -0.39 is 10.0 Å². The van der Waals surface area contributed by atoms with Crippen molar-refractivity contribution in [3.63, 3.8) is 0 Å². The highest BCUT2D eigenvalue weighted by Gasteiger charge is 2.31. The average Bonchev–Trinajstić information content (AvgIpc) is 2.95. The molecule has 20 heavy (non-hydrogen) atoms. The molecule has 6 nitrogen and oxygen atoms in total. The summed E-state index contributed by atoms with van der Waals surface area (Å²) in [6.07, 6.45) is 4.15. The van der Waals surface area contributed by atoms with Crippen molar-refractivity contribution in [3.8, 4) is 0 Å². The Morgan fingerprint density at radius 2 is 2.30 bits per heavy atom. The summed E-state index contributed by atoms with van der Waals surface area (Å²) in [4.78, 5) is 6.99. The SMILES string of the molecule is CCNCC1CCCN(S(=O)(=O)c2cnc(CC)[nH]2)C1. The molecule has 2 heterocycles. The number of hydrogen-bond donors (Lipinski definition) is 2. The minimum absolute atomic E-state index is 0.221. The molecular weight excluding hydrogens is 276 g/mol. The summed E-state index contributed by atoms with van der Waals surface area (Å²) in [6.45, 7) is 7.01. The van der Waals surface area contributed by atoms with E-state index in [9.17, 15) is 8.42 Å². The summed E-state index contributed by atoms with van der Waals surface area (Å²) in [6, 6.07) is 0. The van der Waals surface area contributed by atoms with Crippen LogP contribution in [-0.4, -0.2) is 48.9 Å². The highest BCUT2D eigenvalue weighted by molar-refractivity contribution is 7.89. The third-order valence-electron chi connectivity index (χ3n) is 3.72. The zero-order valence-electron chi connectivity index (χ0n) is 12.2. The Balaban J connectivity index is 2.08. The molecule has 0 spiro atoms. The van der Waals surface area contributed by atoms with Gasteiger partial charge < -0.3 is 10.3 Å². The minimum atomic E-state index is -3.42. The van der Waals surface area contributed by atoms with Crippen molar-refractivity contribution in [2.24, 2.45) is 5.92 Å². The summed E-state index contributed by atoms with van der Waals surface area (Å²) in [7, 11) is -3.42. The van der Waals surface area contributed by atoms with Gasteiger partial charge in [0, 0.05) is 19.5 Å². The number of sulfonamides is 1. The van der Waals surface area contributed by atoms with Crippen molar-refractivity contribution in [2.45, 2.75) is 38.1 Å². The Kier molecular flexibility index (Phi) is 5.17. The van der Waals surface area contributed by atoms with Crippen LogP contribution in [-0.2, 0) is 16.4 Å². The number of hydrogen-bond acceptors (Lipinski definition) is 4. The van der Waals surface area contributed by atoms with Gasteiger partial charge in [0.15, 0.2) is 5.03 Å². The Labute approximate surface area is 121 Å². The van der Waals surface area contributed by atoms with E-state index in [1.807, 2.05) is 6.92 Å². The average molecular weight is 300 g/mol. The quantitative estimate of drug-likeness (QED) is 0.821. The molecule has 7 heteroatoms. The van der Waals surface area contributed by atoms with Crippen molar-refractivity contribution < 1.29 is 8.42 Å². The van der Waals surface area contributed by atoms with Crippen molar-refractivity contribution in [3.05, 3.63) is 12.0 Å². The second-order valence-corrected chi connectivity index (χ2v) is 7.13. The first-order valence-corrected chi connectivity index (χ1v) is 8.76. The maximum Gasteiger partial charge on any atom is 0.260 e. The molecule has 2 rings (SSSR count). The number of nitrogens with zero attached hydrogens (tertiary/aromatic N) is 2. The molecule has 1 fully saturated rings. The predicted molar refractivity (Wildman–Crippen MR) is 78.0 cm³/mol. The fourth-order valence-corrected chi connectivity index (χ4v) is 4.04. The number of aromatic amines is 1. The fourth-order valence-electron chi connectivity index (χ4n) is 2.55. The molecule has 1 atom stereocenters. The molecule has 0 aromatic carbocycles. The largest absolute Gasteiger partial charge is 0.332 e. The van der Waals surface area contributed by atoms with Gasteiger partial charge in [-0.05, 0) is 31.8 Å². The predicted octanol–water partition coefficient (Wildman–Crippen LogP) is 0.982. The molecule has 0 aliphatic carbocycles. The van der Waals surface area contributed by atoms with Crippen LogP contribution in [0.4, 0.5) is 0 Å². The van der Waals surface area contributed by atoms with Gasteiger partial charge in [-0.15, -0.1) is 0 Å². The van der Waals surface area contributed by atoms with Crippen molar-refractivity contribution in [1.29, 1.82) is 0 Å². The molecule has 1 aliphatic heterocycles. The van der Waals surface area contributed by atoms with E-state index in [0.29, 0.717) is 31.3 Å². The number of nitrogens with one attached hydrogen (secondary N) is 2. The van der Waals surface area contributed by atoms with Gasteiger partial charge in [0.2, 0.25) is 0 Å². The lowest BCUT2D eigenvalue weighted by Crippen LogP contribution is -2.42. The van der Waals surface area contributed by atoms with E-state index in [1.165, 1.54) is 6.20 Å². The molecule has 1 aliphatic rings. The van der Waals surface area contributed by atoms with E-state index in [0.717, 1.165) is 25.9 Å². The van der Waals surface area contributed by atoms with Crippen LogP contribution in [0.25, 0.3) is 0 Å². The van der Waals surface area contributed by atoms with E-state index in [2.05, 4.69) is 22.2 Å². The van der Waals surface area contributed by atoms with Gasteiger partial charge in [0.25, 0.3) is 10.0 Å². The molecule has 1 unspecified atom stereocenters. The lowest BCUT2D eigenvalue weighted by molar-refractivity contribution is 0.260. The van der Waals surface area contributed by atoms with Crippen molar-refractivity contribution in [1.82, 2.24) is 19.6 Å². The molecular formula is C13H24N4O2S. The molecule has 0 bridgehead atoms. The van der Waals surface area contributed by atoms with Gasteiger partial charge in [-0.25, -0.2) is 13.4 Å². The van der Waals surface area contributed by atoms with E-state index in [-0.39, 0.29) is 5.03 Å². The number of rotatable bonds is 6. The first-order chi connectivity index (χ1) is 9.57. The molecule has 0 radical (unpaired) electrons. The monoisotopic (exact) mass is 300 g/mol. The van der Waals surface area contributed by atoms with Crippen LogP contribution >= 0.6 is 0 Å². The highest BCUT2D eigenvalue weighted by Crippen LogP contribution is 2.22. The number of imidazole rings is 1. The van der Waals surface area contributed by atoms with Crippen LogP contribution < -0.4 is 5.32 Å². The molecule has 0 saturated carbocycles. The lowest BCUT2D eigenvalue weighted by atomic mass is 10.00. The van der Waals surface area contributed by atoms with Gasteiger partial charge in [0.05, 0.1) is 6.20 Å². The van der Waals surface area contributed by atoms with Crippen molar-refractivity contribution in [2.75, 3.05) is 26.2 Å². The topological polar surface area (TPSA) is 78.1 Å². The first kappa shape index (κ1) is 15.5. The van der Waals surface area contributed by atoms with Crippen molar-refractivity contribution >= 4 is 10.0 Å². The maximum absolute atomic E-state index is 12.6. The Morgan fingerprint density at radius 3 is 2.95 bits per heavy atom. The van der Waals surface area contributed by atoms with Gasteiger partial charge in [-0.1, -0.05) is 13.8 Å². The zero-order valence-corrected chi connectivity index (χ0v) is 13.0. The molecule has 1 aromatic heterocycles. The van der Waals surface area contributed by atoms with Crippen LogP contribution in [0.3, 0.4) is 0 Å². The normalized spacial score (nSPS) is 21.2. The maximum atomic E-state index is 12.6. The summed E-state index contributed by atoms with van der Waals surface area (Å²) in [5.41, 5.74) is 0. The zero-order chi connectivity index (χ0) is 14.6. The van der Waals surface area contributed by atoms with Crippen LogP contribution in [0.5, 0.6) is 0 Å². The molecule has 1 aromatic rings. The van der Waals surface area contributed by atoms with E-state index in [4.69, 9.17) is 0 Å². The second-order valence-electron chi connectivity index (χ2n) is 5.23. The van der Waals surface area contributed by atoms with Gasteiger partial charge >= 0.3 is 0 Å². The van der Waals surface area contributed by atoms with E-state index >= 15 is 0 Å². The number of aryl methyl sites for hydroxylation is 1. The lowest BCUT2D eigenvalue weighted by Gasteiger charge is -2.31. The smallest absolute Gasteiger partial charge is 0.260 e. The molecule has 2 N–H and O–H groups in total. The van der Waals surface area contributed by atoms with Crippen LogP contribution in [0.1, 0.15) is 32.5 Å². The van der Waals surface area contributed by atoms with Gasteiger partial charge in [-0.2, -0.15) is 4.31 Å². The number of piperidine rings is 1. The fraction of sp³-hybridized carbons (Fsp3) is 0.769. The van der Waals surface area contributed by atoms with Crippen LogP contribution in [0, 0.1) is 5.92 Å². The minimum Gasteiger partial charge on any atom is -0.332 e. The Bertz CT molecular complexity index is 526. The molecule has 1 saturated heterocycles. The third kappa shape index (κ3) is 3.39. The summed E-state index contributed by atoms with van der Waals surface area (Å²) < 4.78 is 26.7. The third-order valence-corrected chi connectivity index (χ3v) is 5.50. The second kappa shape index (κ2) is 6.69. The van der Waals surface area contributed by atoms with Gasteiger partial charge in [0.1, 0.15) is 5.82 Å². The standard InChI is InChI=1S/C13H24N4O2S/c1-3-12-15-9-13(16-12)20(18,19)17-7-5-6-11(10-17)8-14-4-2/h9,11,14H,3-8,10H2,1-2H3,(H,15,16). The molecule has 114 valence electrons. The van der Waals surface area contributed by atoms with Gasteiger partial charge in [-0.3, -0.25) is 0 Å². The summed E-state index contributed by atoms with van der Waals surface area (Å²) in [5, 5.41) is 3.52. The molecule has 0 amide bonds.